The van der Waals surface area contributed by atoms with Gasteiger partial charge in [0.2, 0.25) is 5.91 Å². The molecule has 0 spiro atoms. The number of nitrogens with one attached hydrogen (secondary N) is 1. The van der Waals surface area contributed by atoms with Crippen LogP contribution in [0, 0.1) is 0 Å². The molecule has 0 saturated carbocycles. The highest BCUT2D eigenvalue weighted by Crippen LogP contribution is 2.23. The first-order valence-electron chi connectivity index (χ1n) is 12.0. The van der Waals surface area contributed by atoms with Crippen molar-refractivity contribution < 1.29 is 14.3 Å². The molecule has 0 aliphatic carbocycles. The predicted molar refractivity (Wildman–Crippen MR) is 127 cm³/mol. The first-order chi connectivity index (χ1) is 16.1. The second kappa shape index (κ2) is 11.3. The number of aryl methyl sites for hydroxylation is 1. The number of methoxy groups -OCH3 is 1. The molecule has 1 amide bonds. The number of aromatic nitrogens is 2. The summed E-state index contributed by atoms with van der Waals surface area (Å²) in [6.07, 6.45) is 10.9. The second-order valence-electron chi connectivity index (χ2n) is 8.98. The number of esters is 1. The Labute approximate surface area is 195 Å². The van der Waals surface area contributed by atoms with E-state index in [2.05, 4.69) is 31.9 Å². The van der Waals surface area contributed by atoms with E-state index in [0.717, 1.165) is 57.4 Å². The van der Waals surface area contributed by atoms with Crippen LogP contribution >= 0.6 is 0 Å². The maximum atomic E-state index is 12.7. The summed E-state index contributed by atoms with van der Waals surface area (Å²) in [6.45, 7) is 4.72. The van der Waals surface area contributed by atoms with Crippen LogP contribution in [-0.2, 0) is 27.3 Å². The third-order valence-electron chi connectivity index (χ3n) is 6.78. The molecule has 178 valence electrons. The third kappa shape index (κ3) is 6.13. The zero-order valence-electron chi connectivity index (χ0n) is 19.5. The topological polar surface area (TPSA) is 79.7 Å². The van der Waals surface area contributed by atoms with E-state index in [9.17, 15) is 9.59 Å². The lowest BCUT2D eigenvalue weighted by Gasteiger charge is -2.34. The third-order valence-corrected chi connectivity index (χ3v) is 6.78. The highest BCUT2D eigenvalue weighted by atomic mass is 16.5. The van der Waals surface area contributed by atoms with Crippen molar-refractivity contribution in [1.29, 1.82) is 0 Å². The number of anilines is 1. The Morgan fingerprint density at radius 3 is 2.61 bits per heavy atom. The van der Waals surface area contributed by atoms with E-state index >= 15 is 0 Å². The molecule has 0 bridgehead atoms. The summed E-state index contributed by atoms with van der Waals surface area (Å²) in [5, 5.41) is 3.69. The summed E-state index contributed by atoms with van der Waals surface area (Å²) in [4.78, 5) is 32.8. The first-order valence-corrected chi connectivity index (χ1v) is 12.0. The molecule has 1 atom stereocenters. The van der Waals surface area contributed by atoms with Gasteiger partial charge in [-0.3, -0.25) is 4.79 Å². The molecule has 0 radical (unpaired) electrons. The van der Waals surface area contributed by atoms with Crippen molar-refractivity contribution >= 4 is 17.6 Å². The number of benzene rings is 1. The zero-order valence-corrected chi connectivity index (χ0v) is 19.5. The van der Waals surface area contributed by atoms with Gasteiger partial charge < -0.3 is 24.4 Å². The van der Waals surface area contributed by atoms with E-state index in [1.165, 1.54) is 12.8 Å². The fourth-order valence-electron chi connectivity index (χ4n) is 4.88. The van der Waals surface area contributed by atoms with Crippen molar-refractivity contribution in [2.75, 3.05) is 38.2 Å². The number of amides is 1. The van der Waals surface area contributed by atoms with Gasteiger partial charge in [-0.2, -0.15) is 0 Å². The van der Waals surface area contributed by atoms with Gasteiger partial charge in [0.1, 0.15) is 6.04 Å². The number of carbonyl (C=O) groups is 2. The summed E-state index contributed by atoms with van der Waals surface area (Å²) in [6, 6.07) is 8.45. The van der Waals surface area contributed by atoms with Gasteiger partial charge in [0, 0.05) is 50.3 Å². The fraction of sp³-hybridized carbons (Fsp3) is 0.560. The minimum absolute atomic E-state index is 0.00410. The Balaban J connectivity index is 1.19. The van der Waals surface area contributed by atoms with Crippen molar-refractivity contribution in [3.8, 4) is 0 Å². The summed E-state index contributed by atoms with van der Waals surface area (Å²) in [5.74, 6) is -0.317. The molecule has 4 rings (SSSR count). The fourth-order valence-corrected chi connectivity index (χ4v) is 4.88. The number of imidazole rings is 1. The maximum Gasteiger partial charge on any atom is 0.328 e. The van der Waals surface area contributed by atoms with Gasteiger partial charge in [0.05, 0.1) is 19.9 Å². The van der Waals surface area contributed by atoms with Gasteiger partial charge in [-0.1, -0.05) is 12.1 Å². The van der Waals surface area contributed by atoms with Gasteiger partial charge in [-0.15, -0.1) is 0 Å². The molecule has 2 fully saturated rings. The summed E-state index contributed by atoms with van der Waals surface area (Å²) in [7, 11) is 1.38. The van der Waals surface area contributed by atoms with Crippen LogP contribution in [0.4, 0.5) is 5.69 Å². The number of likely N-dealkylation sites (tertiary alicyclic amines) is 1. The Hall–Kier alpha value is -2.87. The minimum atomic E-state index is -0.428. The summed E-state index contributed by atoms with van der Waals surface area (Å²) in [5.41, 5.74) is 2.19. The monoisotopic (exact) mass is 453 g/mol. The van der Waals surface area contributed by atoms with E-state index < -0.39 is 6.04 Å². The van der Waals surface area contributed by atoms with E-state index in [0.29, 0.717) is 25.4 Å². The number of carbonyl (C=O) groups excluding carboxylic acids is 2. The van der Waals surface area contributed by atoms with Crippen LogP contribution in [0.2, 0.25) is 0 Å². The number of hydrogen-bond donors (Lipinski definition) is 1. The van der Waals surface area contributed by atoms with Crippen molar-refractivity contribution in [3.63, 3.8) is 0 Å². The smallest absolute Gasteiger partial charge is 0.328 e. The van der Waals surface area contributed by atoms with Crippen molar-refractivity contribution in [2.24, 2.45) is 0 Å². The molecule has 2 aromatic rings. The molecule has 2 aliphatic rings. The molecule has 1 aromatic heterocycles. The van der Waals surface area contributed by atoms with Gasteiger partial charge in [0.25, 0.3) is 0 Å². The Kier molecular flexibility index (Phi) is 7.99. The molecule has 8 nitrogen and oxygen atoms in total. The molecule has 3 heterocycles. The lowest BCUT2D eigenvalue weighted by molar-refractivity contribution is -0.150. The lowest BCUT2D eigenvalue weighted by atomic mass is 10.0. The van der Waals surface area contributed by atoms with Crippen LogP contribution < -0.4 is 10.2 Å². The van der Waals surface area contributed by atoms with Crippen LogP contribution in [-0.4, -0.2) is 71.7 Å². The van der Waals surface area contributed by atoms with Gasteiger partial charge in [-0.25, -0.2) is 9.78 Å². The average molecular weight is 454 g/mol. The Morgan fingerprint density at radius 1 is 1.12 bits per heavy atom. The van der Waals surface area contributed by atoms with Crippen LogP contribution in [0.1, 0.15) is 37.7 Å². The molecular formula is C25H35N5O3. The largest absolute Gasteiger partial charge is 0.467 e. The van der Waals surface area contributed by atoms with Crippen LogP contribution in [0.5, 0.6) is 0 Å². The second-order valence-corrected chi connectivity index (χ2v) is 8.98. The lowest BCUT2D eigenvalue weighted by Crippen LogP contribution is -2.43. The van der Waals surface area contributed by atoms with Gasteiger partial charge >= 0.3 is 5.97 Å². The van der Waals surface area contributed by atoms with Gasteiger partial charge in [0.15, 0.2) is 0 Å². The standard InChI is InChI=1S/C25H35N5O3/c1-33-25(32)23-4-2-14-30(23)24(31)18-20-5-7-22(8-6-20)29-15-9-21(10-16-29)27-11-3-13-28-17-12-26-19-28/h5-8,12,17,19,21,23,27H,2-4,9-11,13-16,18H2,1H3/t23-/m0/s1. The van der Waals surface area contributed by atoms with Crippen molar-refractivity contribution in [2.45, 2.75) is 57.2 Å². The molecule has 0 unspecified atom stereocenters. The molecule has 2 saturated heterocycles. The zero-order chi connectivity index (χ0) is 23.0. The van der Waals surface area contributed by atoms with Crippen molar-refractivity contribution in [3.05, 3.63) is 48.5 Å². The summed E-state index contributed by atoms with van der Waals surface area (Å²) >= 11 is 0. The van der Waals surface area contributed by atoms with Crippen LogP contribution in [0.3, 0.4) is 0 Å². The summed E-state index contributed by atoms with van der Waals surface area (Å²) < 4.78 is 6.97. The van der Waals surface area contributed by atoms with Crippen molar-refractivity contribution in [1.82, 2.24) is 19.8 Å². The SMILES string of the molecule is COC(=O)[C@@H]1CCCN1C(=O)Cc1ccc(N2CCC(NCCCn3ccnc3)CC2)cc1. The van der Waals surface area contributed by atoms with E-state index in [4.69, 9.17) is 4.74 Å². The first kappa shape index (κ1) is 23.3. The molecule has 8 heteroatoms. The van der Waals surface area contributed by atoms with Crippen LogP contribution in [0.25, 0.3) is 0 Å². The number of ether oxygens (including phenoxy) is 1. The minimum Gasteiger partial charge on any atom is -0.467 e. The molecule has 33 heavy (non-hydrogen) atoms. The number of nitrogens with zero attached hydrogens (tertiary/aromatic N) is 4. The van der Waals surface area contributed by atoms with Crippen LogP contribution in [0.15, 0.2) is 43.0 Å². The predicted octanol–water partition coefficient (Wildman–Crippen LogP) is 2.24. The number of hydrogen-bond acceptors (Lipinski definition) is 6. The Bertz CT molecular complexity index is 891. The maximum absolute atomic E-state index is 12.7. The molecule has 1 aromatic carbocycles. The average Bonchev–Trinajstić information content (AvgIpc) is 3.55. The van der Waals surface area contributed by atoms with E-state index in [1.54, 1.807) is 4.90 Å². The normalized spacial score (nSPS) is 19.1. The van der Waals surface area contributed by atoms with E-state index in [-0.39, 0.29) is 11.9 Å². The molecular weight excluding hydrogens is 418 g/mol. The molecule has 2 aliphatic heterocycles. The number of piperidine rings is 1. The highest BCUT2D eigenvalue weighted by molar-refractivity contribution is 5.86. The van der Waals surface area contributed by atoms with E-state index in [1.807, 2.05) is 30.9 Å². The highest BCUT2D eigenvalue weighted by Gasteiger charge is 2.34. The molecule has 1 N–H and O–H groups in total. The number of rotatable bonds is 9. The Morgan fingerprint density at radius 2 is 1.91 bits per heavy atom. The quantitative estimate of drug-likeness (QED) is 0.463. The van der Waals surface area contributed by atoms with Gasteiger partial charge in [-0.05, 0) is 56.3 Å².